The Morgan fingerprint density at radius 3 is 2.33 bits per heavy atom. The van der Waals surface area contributed by atoms with Crippen LogP contribution in [-0.4, -0.2) is 25.2 Å². The molecule has 0 radical (unpaired) electrons. The summed E-state index contributed by atoms with van der Waals surface area (Å²) in [6, 6.07) is 12.8. The van der Waals surface area contributed by atoms with E-state index in [0.717, 1.165) is 31.2 Å². The summed E-state index contributed by atoms with van der Waals surface area (Å²) >= 11 is 0. The van der Waals surface area contributed by atoms with Gasteiger partial charge in [-0.25, -0.2) is 8.42 Å². The number of carbonyl (C=O) groups excluding carboxylic acids is 1. The van der Waals surface area contributed by atoms with Crippen molar-refractivity contribution in [1.29, 1.82) is 0 Å². The van der Waals surface area contributed by atoms with E-state index in [4.69, 9.17) is 4.74 Å². The molecule has 0 saturated heterocycles. The number of carbonyl (C=O) groups is 1. The van der Waals surface area contributed by atoms with Gasteiger partial charge in [-0.3, -0.25) is 4.79 Å². The first-order valence-electron chi connectivity index (χ1n) is 10.3. The van der Waals surface area contributed by atoms with Crippen LogP contribution in [-0.2, 0) is 32.2 Å². The SMILES string of the molecule is Cc1c(COC(=O)C2CC2)cc(-c2ccc(S(C)(=O)=O)cc2)n1-c1cccc(C(F)(F)F)c1. The Balaban J connectivity index is 1.80. The van der Waals surface area contributed by atoms with Crippen molar-refractivity contribution in [2.75, 3.05) is 6.26 Å². The second-order valence-electron chi connectivity index (χ2n) is 8.20. The Kier molecular flexibility index (Phi) is 5.86. The summed E-state index contributed by atoms with van der Waals surface area (Å²) in [7, 11) is -3.40. The van der Waals surface area contributed by atoms with E-state index in [0.29, 0.717) is 28.2 Å². The highest BCUT2D eigenvalue weighted by Crippen LogP contribution is 2.35. The number of ether oxygens (including phenoxy) is 1. The van der Waals surface area contributed by atoms with E-state index in [1.54, 1.807) is 35.8 Å². The molecule has 0 aliphatic heterocycles. The van der Waals surface area contributed by atoms with Crippen molar-refractivity contribution in [1.82, 2.24) is 4.57 Å². The highest BCUT2D eigenvalue weighted by atomic mass is 32.2. The predicted octanol–water partition coefficient (Wildman–Crippen LogP) is 5.33. The molecule has 3 aromatic rings. The lowest BCUT2D eigenvalue weighted by molar-refractivity contribution is -0.146. The molecule has 4 rings (SSSR count). The van der Waals surface area contributed by atoms with Crippen LogP contribution < -0.4 is 0 Å². The normalized spacial score (nSPS) is 14.3. The molecule has 33 heavy (non-hydrogen) atoms. The Labute approximate surface area is 189 Å². The van der Waals surface area contributed by atoms with Gasteiger partial charge in [-0.05, 0) is 61.7 Å². The van der Waals surface area contributed by atoms with Crippen LogP contribution >= 0.6 is 0 Å². The molecule has 1 aliphatic carbocycles. The van der Waals surface area contributed by atoms with Gasteiger partial charge in [0.25, 0.3) is 0 Å². The number of hydrogen-bond donors (Lipinski definition) is 0. The van der Waals surface area contributed by atoms with Crippen LogP contribution in [0.25, 0.3) is 16.9 Å². The monoisotopic (exact) mass is 477 g/mol. The molecule has 0 amide bonds. The molecule has 5 nitrogen and oxygen atoms in total. The van der Waals surface area contributed by atoms with E-state index >= 15 is 0 Å². The molecule has 0 N–H and O–H groups in total. The average Bonchev–Trinajstić information content (AvgIpc) is 3.55. The summed E-state index contributed by atoms with van der Waals surface area (Å²) < 4.78 is 70.7. The van der Waals surface area contributed by atoms with Crippen LogP contribution in [0.2, 0.25) is 0 Å². The van der Waals surface area contributed by atoms with Gasteiger partial charge in [0.1, 0.15) is 6.61 Å². The Morgan fingerprint density at radius 2 is 1.76 bits per heavy atom. The number of halogens is 3. The fraction of sp³-hybridized carbons (Fsp3) is 0.292. The van der Waals surface area contributed by atoms with Gasteiger partial charge in [-0.15, -0.1) is 0 Å². The zero-order valence-electron chi connectivity index (χ0n) is 18.0. The van der Waals surface area contributed by atoms with Crippen LogP contribution in [0.15, 0.2) is 59.5 Å². The molecule has 1 fully saturated rings. The maximum absolute atomic E-state index is 13.3. The number of aromatic nitrogens is 1. The number of esters is 1. The van der Waals surface area contributed by atoms with Crippen molar-refractivity contribution >= 4 is 15.8 Å². The van der Waals surface area contributed by atoms with E-state index in [1.807, 2.05) is 0 Å². The second kappa shape index (κ2) is 8.37. The van der Waals surface area contributed by atoms with E-state index in [1.165, 1.54) is 18.2 Å². The van der Waals surface area contributed by atoms with Crippen LogP contribution in [0.3, 0.4) is 0 Å². The van der Waals surface area contributed by atoms with E-state index in [2.05, 4.69) is 0 Å². The summed E-state index contributed by atoms with van der Waals surface area (Å²) in [6.45, 7) is 1.75. The third-order valence-corrected chi connectivity index (χ3v) is 6.77. The van der Waals surface area contributed by atoms with E-state index in [9.17, 15) is 26.4 Å². The molecule has 1 aromatic heterocycles. The second-order valence-corrected chi connectivity index (χ2v) is 10.2. The molecule has 0 spiro atoms. The van der Waals surface area contributed by atoms with Crippen LogP contribution in [0, 0.1) is 12.8 Å². The zero-order valence-corrected chi connectivity index (χ0v) is 18.8. The summed E-state index contributed by atoms with van der Waals surface area (Å²) in [5, 5.41) is 0. The van der Waals surface area contributed by atoms with Crippen molar-refractivity contribution in [2.45, 2.75) is 37.4 Å². The average molecular weight is 478 g/mol. The molecule has 0 atom stereocenters. The first-order valence-corrected chi connectivity index (χ1v) is 12.2. The first-order chi connectivity index (χ1) is 15.4. The molecule has 9 heteroatoms. The van der Waals surface area contributed by atoms with Gasteiger partial charge in [0.05, 0.1) is 22.1 Å². The Bertz CT molecular complexity index is 1300. The lowest BCUT2D eigenvalue weighted by Gasteiger charge is -2.15. The molecule has 0 bridgehead atoms. The predicted molar refractivity (Wildman–Crippen MR) is 117 cm³/mol. The maximum Gasteiger partial charge on any atom is 0.416 e. The number of benzene rings is 2. The molecule has 1 aliphatic rings. The summed E-state index contributed by atoms with van der Waals surface area (Å²) in [4.78, 5) is 12.1. The highest BCUT2D eigenvalue weighted by Gasteiger charge is 2.32. The minimum atomic E-state index is -4.50. The standard InChI is InChI=1S/C24H22F3NO4S/c1-15-18(14-32-23(29)17-6-7-17)12-22(16-8-10-21(11-9-16)33(2,30)31)28(15)20-5-3-4-19(13-20)24(25,26)27/h3-5,8-13,17H,6-7,14H2,1-2H3. The third kappa shape index (κ3) is 4.98. The van der Waals surface area contributed by atoms with Crippen LogP contribution in [0.1, 0.15) is 29.7 Å². The van der Waals surface area contributed by atoms with Crippen molar-refractivity contribution in [3.8, 4) is 16.9 Å². The number of rotatable bonds is 6. The fourth-order valence-corrected chi connectivity index (χ4v) is 4.26. The number of nitrogens with zero attached hydrogens (tertiary/aromatic N) is 1. The van der Waals surface area contributed by atoms with Gasteiger partial charge in [0.2, 0.25) is 0 Å². The Hall–Kier alpha value is -3.07. The van der Waals surface area contributed by atoms with Gasteiger partial charge in [-0.1, -0.05) is 18.2 Å². The molecule has 1 heterocycles. The number of alkyl halides is 3. The van der Waals surface area contributed by atoms with Crippen molar-refractivity contribution < 1.29 is 31.1 Å². The summed E-state index contributed by atoms with van der Waals surface area (Å²) in [5.41, 5.74) is 1.97. The molecule has 0 unspecified atom stereocenters. The largest absolute Gasteiger partial charge is 0.461 e. The van der Waals surface area contributed by atoms with Crippen molar-refractivity contribution in [3.05, 3.63) is 71.4 Å². The molecule has 2 aromatic carbocycles. The topological polar surface area (TPSA) is 65.4 Å². The smallest absolute Gasteiger partial charge is 0.416 e. The van der Waals surface area contributed by atoms with Gasteiger partial charge in [-0.2, -0.15) is 13.2 Å². The molecular weight excluding hydrogens is 455 g/mol. The number of sulfone groups is 1. The highest BCUT2D eigenvalue weighted by molar-refractivity contribution is 7.90. The van der Waals surface area contributed by atoms with Gasteiger partial charge in [0.15, 0.2) is 9.84 Å². The summed E-state index contributed by atoms with van der Waals surface area (Å²) in [6.07, 6.45) is -1.79. The quantitative estimate of drug-likeness (QED) is 0.450. The van der Waals surface area contributed by atoms with Crippen molar-refractivity contribution in [3.63, 3.8) is 0 Å². The molecule has 174 valence electrons. The lowest BCUT2D eigenvalue weighted by atomic mass is 10.1. The minimum Gasteiger partial charge on any atom is -0.461 e. The fourth-order valence-electron chi connectivity index (χ4n) is 3.63. The van der Waals surface area contributed by atoms with Gasteiger partial charge in [0, 0.05) is 23.2 Å². The van der Waals surface area contributed by atoms with Crippen LogP contribution in [0.4, 0.5) is 13.2 Å². The zero-order chi connectivity index (χ0) is 24.0. The van der Waals surface area contributed by atoms with Crippen molar-refractivity contribution in [2.24, 2.45) is 5.92 Å². The molecule has 1 saturated carbocycles. The van der Waals surface area contributed by atoms with Gasteiger partial charge >= 0.3 is 12.1 Å². The molecular formula is C24H22F3NO4S. The minimum absolute atomic E-state index is 0.00154. The van der Waals surface area contributed by atoms with E-state index in [-0.39, 0.29) is 23.4 Å². The lowest BCUT2D eigenvalue weighted by Crippen LogP contribution is -2.08. The van der Waals surface area contributed by atoms with Crippen LogP contribution in [0.5, 0.6) is 0 Å². The van der Waals surface area contributed by atoms with E-state index < -0.39 is 21.6 Å². The van der Waals surface area contributed by atoms with Gasteiger partial charge < -0.3 is 9.30 Å². The summed E-state index contributed by atoms with van der Waals surface area (Å²) in [5.74, 6) is -0.348. The first kappa shape index (κ1) is 23.1. The number of hydrogen-bond acceptors (Lipinski definition) is 4. The Morgan fingerprint density at radius 1 is 1.09 bits per heavy atom. The maximum atomic E-state index is 13.3. The third-order valence-electron chi connectivity index (χ3n) is 5.64.